The van der Waals surface area contributed by atoms with E-state index in [0.29, 0.717) is 29.3 Å². The summed E-state index contributed by atoms with van der Waals surface area (Å²) in [6.07, 6.45) is 2.66. The fraction of sp³-hybridized carbons (Fsp3) is 0.414. The maximum absolute atomic E-state index is 15.0. The first-order valence-corrected chi connectivity index (χ1v) is 14.0. The van der Waals surface area contributed by atoms with Crippen molar-refractivity contribution < 1.29 is 18.7 Å². The number of aromatic nitrogens is 5. The Labute approximate surface area is 242 Å². The van der Waals surface area contributed by atoms with Gasteiger partial charge in [-0.3, -0.25) is 4.90 Å². The Kier molecular flexibility index (Phi) is 8.88. The van der Waals surface area contributed by atoms with Gasteiger partial charge in [0.25, 0.3) is 0 Å². The van der Waals surface area contributed by atoms with Gasteiger partial charge in [-0.1, -0.05) is 6.07 Å². The topological polar surface area (TPSA) is 124 Å². The van der Waals surface area contributed by atoms with Crippen LogP contribution in [0.3, 0.4) is 0 Å². The van der Waals surface area contributed by atoms with Crippen LogP contribution >= 0.6 is 0 Å². The zero-order valence-electron chi connectivity index (χ0n) is 23.9. The van der Waals surface area contributed by atoms with Crippen LogP contribution in [0.2, 0.25) is 0 Å². The first-order chi connectivity index (χ1) is 20.2. The molecule has 0 atom stereocenters. The molecule has 42 heavy (non-hydrogen) atoms. The molecule has 4 heterocycles. The summed E-state index contributed by atoms with van der Waals surface area (Å²) in [6.45, 7) is 11.6. The number of hydrogen-bond acceptors (Lipinski definition) is 8. The average molecular weight is 580 g/mol. The Morgan fingerprint density at radius 1 is 1.02 bits per heavy atom. The van der Waals surface area contributed by atoms with Crippen LogP contribution in [0.4, 0.5) is 25.3 Å². The van der Waals surface area contributed by atoms with Crippen LogP contribution in [-0.2, 0) is 6.54 Å². The molecular weight excluding hydrogens is 544 g/mol. The number of rotatable bonds is 10. The van der Waals surface area contributed by atoms with Crippen molar-refractivity contribution in [2.24, 2.45) is 0 Å². The quantitative estimate of drug-likeness (QED) is 0.232. The lowest BCUT2D eigenvalue weighted by Crippen LogP contribution is -2.46. The number of nitrogens with one attached hydrogen (secondary N) is 2. The second kappa shape index (κ2) is 12.7. The normalized spacial score (nSPS) is 14.5. The molecule has 1 fully saturated rings. The van der Waals surface area contributed by atoms with Crippen molar-refractivity contribution in [2.45, 2.75) is 39.8 Å². The Morgan fingerprint density at radius 3 is 2.48 bits per heavy atom. The van der Waals surface area contributed by atoms with Gasteiger partial charge in [0.1, 0.15) is 22.9 Å². The van der Waals surface area contributed by atoms with Gasteiger partial charge in [-0.2, -0.15) is 0 Å². The number of nitrogens with zero attached hydrogens (tertiary/aromatic N) is 7. The van der Waals surface area contributed by atoms with Crippen molar-refractivity contribution in [3.05, 3.63) is 59.7 Å². The van der Waals surface area contributed by atoms with Gasteiger partial charge in [0.15, 0.2) is 11.6 Å². The number of imidazole rings is 1. The van der Waals surface area contributed by atoms with Gasteiger partial charge in [0, 0.05) is 57.1 Å². The zero-order valence-corrected chi connectivity index (χ0v) is 23.9. The summed E-state index contributed by atoms with van der Waals surface area (Å²) in [5.41, 5.74) is 2.16. The van der Waals surface area contributed by atoms with Crippen molar-refractivity contribution in [3.8, 4) is 11.3 Å². The van der Waals surface area contributed by atoms with Crippen LogP contribution in [0.15, 0.2) is 36.7 Å². The molecule has 1 saturated heterocycles. The number of pyridine rings is 1. The number of amides is 1. The summed E-state index contributed by atoms with van der Waals surface area (Å²) < 4.78 is 31.7. The van der Waals surface area contributed by atoms with Gasteiger partial charge in [0.05, 0.1) is 11.7 Å². The van der Waals surface area contributed by atoms with Crippen molar-refractivity contribution in [1.29, 1.82) is 0 Å². The standard InChI is InChI=1S/C29H35F2N9O2/c1-18(2)40-19(3)35-27-22(30)13-21(14-24(27)40)26-23(31)16-34-28(37-26)36-25-6-5-20(15-33-25)17-39-11-9-38(10-12-39)8-4-7-32-29(41)42/h5-6,13-16,18,32H,4,7-12,17H2,1-3H3,(H,41,42)(H,33,34,36,37). The summed E-state index contributed by atoms with van der Waals surface area (Å²) in [5.74, 6) is 0.138. The Morgan fingerprint density at radius 2 is 1.79 bits per heavy atom. The highest BCUT2D eigenvalue weighted by atomic mass is 19.1. The van der Waals surface area contributed by atoms with E-state index in [9.17, 15) is 13.6 Å². The van der Waals surface area contributed by atoms with E-state index < -0.39 is 17.7 Å². The van der Waals surface area contributed by atoms with Crippen molar-refractivity contribution >= 4 is 28.9 Å². The number of benzene rings is 1. The van der Waals surface area contributed by atoms with Gasteiger partial charge < -0.3 is 25.2 Å². The van der Waals surface area contributed by atoms with Crippen molar-refractivity contribution in [3.63, 3.8) is 0 Å². The third-order valence-corrected chi connectivity index (χ3v) is 7.32. The summed E-state index contributed by atoms with van der Waals surface area (Å²) in [5, 5.41) is 14.1. The summed E-state index contributed by atoms with van der Waals surface area (Å²) in [7, 11) is 0. The van der Waals surface area contributed by atoms with E-state index in [1.807, 2.05) is 37.5 Å². The van der Waals surface area contributed by atoms with Crippen LogP contribution in [-0.4, -0.2) is 84.8 Å². The van der Waals surface area contributed by atoms with Crippen LogP contribution in [0.25, 0.3) is 22.3 Å². The van der Waals surface area contributed by atoms with E-state index in [4.69, 9.17) is 5.11 Å². The smallest absolute Gasteiger partial charge is 0.404 e. The first-order valence-electron chi connectivity index (χ1n) is 14.0. The monoisotopic (exact) mass is 579 g/mol. The highest BCUT2D eigenvalue weighted by molar-refractivity contribution is 5.83. The summed E-state index contributed by atoms with van der Waals surface area (Å²) in [6, 6.07) is 6.80. The van der Waals surface area contributed by atoms with Crippen LogP contribution < -0.4 is 10.6 Å². The summed E-state index contributed by atoms with van der Waals surface area (Å²) in [4.78, 5) is 32.5. The Hall–Kier alpha value is -4.23. The third-order valence-electron chi connectivity index (χ3n) is 7.32. The molecule has 13 heteroatoms. The van der Waals surface area contributed by atoms with Gasteiger partial charge in [-0.15, -0.1) is 0 Å². The van der Waals surface area contributed by atoms with Crippen LogP contribution in [0.5, 0.6) is 0 Å². The molecule has 3 aromatic heterocycles. The molecule has 1 aliphatic rings. The number of aryl methyl sites for hydroxylation is 1. The largest absolute Gasteiger partial charge is 0.465 e. The predicted molar refractivity (Wildman–Crippen MR) is 156 cm³/mol. The van der Waals surface area contributed by atoms with Crippen molar-refractivity contribution in [1.82, 2.24) is 39.6 Å². The summed E-state index contributed by atoms with van der Waals surface area (Å²) >= 11 is 0. The molecule has 0 radical (unpaired) electrons. The number of halogens is 2. The lowest BCUT2D eigenvalue weighted by atomic mass is 10.1. The van der Waals surface area contributed by atoms with Gasteiger partial charge in [-0.05, 0) is 57.5 Å². The highest BCUT2D eigenvalue weighted by Gasteiger charge is 2.19. The number of carboxylic acid groups (broad SMARTS) is 1. The molecule has 0 aliphatic carbocycles. The van der Waals surface area contributed by atoms with Gasteiger partial charge in [0.2, 0.25) is 5.95 Å². The van der Waals surface area contributed by atoms with Gasteiger partial charge >= 0.3 is 6.09 Å². The molecule has 5 rings (SSSR count). The molecule has 0 spiro atoms. The second-order valence-corrected chi connectivity index (χ2v) is 10.7. The molecule has 0 unspecified atom stereocenters. The maximum Gasteiger partial charge on any atom is 0.404 e. The zero-order chi connectivity index (χ0) is 29.8. The molecule has 1 aromatic carbocycles. The van der Waals surface area contributed by atoms with Crippen LogP contribution in [0, 0.1) is 18.6 Å². The molecule has 4 aromatic rings. The lowest BCUT2D eigenvalue weighted by Gasteiger charge is -2.34. The molecular formula is C29H35F2N9O2. The molecule has 0 saturated carbocycles. The predicted octanol–water partition coefficient (Wildman–Crippen LogP) is 4.57. The lowest BCUT2D eigenvalue weighted by molar-refractivity contribution is 0.126. The molecule has 0 bridgehead atoms. The van der Waals surface area contributed by atoms with E-state index in [1.165, 1.54) is 6.07 Å². The Bertz CT molecular complexity index is 1550. The molecule has 3 N–H and O–H groups in total. The second-order valence-electron chi connectivity index (χ2n) is 10.7. The van der Waals surface area contributed by atoms with E-state index >= 15 is 0 Å². The minimum absolute atomic E-state index is 0.0172. The third kappa shape index (κ3) is 6.80. The van der Waals surface area contributed by atoms with Gasteiger partial charge in [-0.25, -0.2) is 33.5 Å². The molecule has 11 nitrogen and oxygen atoms in total. The molecule has 1 aliphatic heterocycles. The van der Waals surface area contributed by atoms with E-state index in [-0.39, 0.29) is 23.2 Å². The van der Waals surface area contributed by atoms with E-state index in [0.717, 1.165) is 57.4 Å². The van der Waals surface area contributed by atoms with Crippen LogP contribution in [0.1, 0.15) is 37.7 Å². The number of piperazine rings is 1. The Balaban J connectivity index is 1.21. The number of hydrogen-bond donors (Lipinski definition) is 3. The number of fused-ring (bicyclic) bond motifs is 1. The van der Waals surface area contributed by atoms with E-state index in [1.54, 1.807) is 12.3 Å². The molecule has 222 valence electrons. The van der Waals surface area contributed by atoms with Crippen molar-refractivity contribution in [2.75, 3.05) is 44.6 Å². The fourth-order valence-electron chi connectivity index (χ4n) is 5.32. The first kappa shape index (κ1) is 29.3. The minimum atomic E-state index is -0.986. The average Bonchev–Trinajstić information content (AvgIpc) is 3.30. The number of carbonyl (C=O) groups is 1. The molecule has 1 amide bonds. The highest BCUT2D eigenvalue weighted by Crippen LogP contribution is 2.30. The maximum atomic E-state index is 15.0. The number of anilines is 2. The van der Waals surface area contributed by atoms with E-state index in [2.05, 4.69) is 40.4 Å². The minimum Gasteiger partial charge on any atom is -0.465 e. The SMILES string of the molecule is Cc1nc2c(F)cc(-c3nc(Nc4ccc(CN5CCN(CCCNC(=O)O)CC5)cn4)ncc3F)cc2n1C(C)C. The fourth-order valence-corrected chi connectivity index (χ4v) is 5.32.